The average molecular weight is 155 g/mol. The standard InChI is InChI=1S/C6H12Cl2/c1-2-3-4-6(8)5-7/h6H,2-5H2,1H3/t6-/m0/s1. The van der Waals surface area contributed by atoms with Gasteiger partial charge in [0, 0.05) is 11.3 Å². The van der Waals surface area contributed by atoms with Crippen molar-refractivity contribution in [3.63, 3.8) is 0 Å². The van der Waals surface area contributed by atoms with E-state index >= 15 is 0 Å². The smallest absolute Gasteiger partial charge is 0.0471 e. The zero-order chi connectivity index (χ0) is 6.41. The highest BCUT2D eigenvalue weighted by atomic mass is 35.5. The van der Waals surface area contributed by atoms with Crippen LogP contribution in [0.5, 0.6) is 0 Å². The minimum absolute atomic E-state index is 0.191. The molecule has 0 aliphatic carbocycles. The van der Waals surface area contributed by atoms with E-state index < -0.39 is 0 Å². The van der Waals surface area contributed by atoms with Gasteiger partial charge in [-0.05, 0) is 6.42 Å². The number of hydrogen-bond acceptors (Lipinski definition) is 0. The molecule has 0 aliphatic heterocycles. The minimum atomic E-state index is 0.191. The van der Waals surface area contributed by atoms with Gasteiger partial charge in [0.05, 0.1) is 0 Å². The predicted molar refractivity (Wildman–Crippen MR) is 39.9 cm³/mol. The van der Waals surface area contributed by atoms with Crippen LogP contribution in [0.15, 0.2) is 0 Å². The van der Waals surface area contributed by atoms with Crippen LogP contribution in [-0.4, -0.2) is 11.3 Å². The van der Waals surface area contributed by atoms with E-state index in [4.69, 9.17) is 23.2 Å². The fourth-order valence-electron chi connectivity index (χ4n) is 0.503. The van der Waals surface area contributed by atoms with Crippen LogP contribution in [-0.2, 0) is 0 Å². The molecule has 0 rings (SSSR count). The lowest BCUT2D eigenvalue weighted by Gasteiger charge is -2.00. The van der Waals surface area contributed by atoms with E-state index in [1.165, 1.54) is 12.8 Å². The lowest BCUT2D eigenvalue weighted by molar-refractivity contribution is 0.710. The lowest BCUT2D eigenvalue weighted by atomic mass is 10.2. The Morgan fingerprint density at radius 3 is 2.50 bits per heavy atom. The minimum Gasteiger partial charge on any atom is -0.125 e. The molecule has 0 aliphatic rings. The third-order valence-corrected chi connectivity index (χ3v) is 1.94. The first-order chi connectivity index (χ1) is 3.81. The van der Waals surface area contributed by atoms with Gasteiger partial charge in [-0.25, -0.2) is 0 Å². The number of hydrogen-bond donors (Lipinski definition) is 0. The lowest BCUT2D eigenvalue weighted by Crippen LogP contribution is -1.98. The van der Waals surface area contributed by atoms with Gasteiger partial charge in [0.2, 0.25) is 0 Å². The van der Waals surface area contributed by atoms with Crippen LogP contribution >= 0.6 is 23.2 Å². The third kappa shape index (κ3) is 4.73. The van der Waals surface area contributed by atoms with Gasteiger partial charge in [0.15, 0.2) is 0 Å². The van der Waals surface area contributed by atoms with E-state index in [1.54, 1.807) is 0 Å². The molecule has 0 fully saturated rings. The van der Waals surface area contributed by atoms with Gasteiger partial charge >= 0.3 is 0 Å². The fraction of sp³-hybridized carbons (Fsp3) is 1.00. The second-order valence-electron chi connectivity index (χ2n) is 1.89. The molecule has 0 saturated carbocycles. The van der Waals surface area contributed by atoms with Crippen LogP contribution < -0.4 is 0 Å². The molecule has 50 valence electrons. The van der Waals surface area contributed by atoms with Crippen LogP contribution in [0.2, 0.25) is 0 Å². The molecule has 0 radical (unpaired) electrons. The molecular formula is C6H12Cl2. The maximum absolute atomic E-state index is 5.71. The van der Waals surface area contributed by atoms with Crippen molar-refractivity contribution < 1.29 is 0 Å². The summed E-state index contributed by atoms with van der Waals surface area (Å²) in [7, 11) is 0. The molecule has 2 heteroatoms. The molecule has 8 heavy (non-hydrogen) atoms. The van der Waals surface area contributed by atoms with Gasteiger partial charge in [-0.2, -0.15) is 0 Å². The van der Waals surface area contributed by atoms with Crippen molar-refractivity contribution in [2.24, 2.45) is 0 Å². The Morgan fingerprint density at radius 2 is 2.12 bits per heavy atom. The van der Waals surface area contributed by atoms with Gasteiger partial charge in [-0.3, -0.25) is 0 Å². The highest BCUT2D eigenvalue weighted by Gasteiger charge is 1.98. The monoisotopic (exact) mass is 154 g/mol. The van der Waals surface area contributed by atoms with Crippen molar-refractivity contribution in [3.8, 4) is 0 Å². The summed E-state index contributed by atoms with van der Waals surface area (Å²) in [5.41, 5.74) is 0. The molecule has 0 spiro atoms. The number of alkyl halides is 2. The first-order valence-electron chi connectivity index (χ1n) is 3.01. The summed E-state index contributed by atoms with van der Waals surface area (Å²) in [4.78, 5) is 0. The van der Waals surface area contributed by atoms with Gasteiger partial charge in [-0.15, -0.1) is 23.2 Å². The van der Waals surface area contributed by atoms with Crippen LogP contribution in [0.3, 0.4) is 0 Å². The molecule has 0 aromatic heterocycles. The molecule has 0 nitrogen and oxygen atoms in total. The van der Waals surface area contributed by atoms with Gasteiger partial charge in [-0.1, -0.05) is 19.8 Å². The van der Waals surface area contributed by atoms with Crippen molar-refractivity contribution in [3.05, 3.63) is 0 Å². The van der Waals surface area contributed by atoms with E-state index in [2.05, 4.69) is 6.92 Å². The van der Waals surface area contributed by atoms with Crippen molar-refractivity contribution in [1.82, 2.24) is 0 Å². The van der Waals surface area contributed by atoms with Gasteiger partial charge < -0.3 is 0 Å². The van der Waals surface area contributed by atoms with E-state index in [0.29, 0.717) is 5.88 Å². The molecule has 0 unspecified atom stereocenters. The van der Waals surface area contributed by atoms with Crippen molar-refractivity contribution in [2.45, 2.75) is 31.6 Å². The summed E-state index contributed by atoms with van der Waals surface area (Å²) in [5, 5.41) is 0.191. The Hall–Kier alpha value is 0.580. The molecule has 0 N–H and O–H groups in total. The summed E-state index contributed by atoms with van der Waals surface area (Å²) >= 11 is 11.2. The van der Waals surface area contributed by atoms with Crippen molar-refractivity contribution in [2.75, 3.05) is 5.88 Å². The van der Waals surface area contributed by atoms with Crippen LogP contribution in [0, 0.1) is 0 Å². The van der Waals surface area contributed by atoms with Crippen LogP contribution in [0.25, 0.3) is 0 Å². The Kier molecular flexibility index (Phi) is 6.13. The Labute approximate surface area is 61.2 Å². The summed E-state index contributed by atoms with van der Waals surface area (Å²) in [6, 6.07) is 0. The number of rotatable bonds is 4. The summed E-state index contributed by atoms with van der Waals surface area (Å²) in [6.45, 7) is 2.15. The predicted octanol–water partition coefficient (Wildman–Crippen LogP) is 3.02. The second kappa shape index (κ2) is 5.71. The molecule has 1 atom stereocenters. The van der Waals surface area contributed by atoms with Crippen molar-refractivity contribution in [1.29, 1.82) is 0 Å². The fourth-order valence-corrected chi connectivity index (χ4v) is 0.811. The molecular weight excluding hydrogens is 143 g/mol. The highest BCUT2D eigenvalue weighted by Crippen LogP contribution is 2.07. The van der Waals surface area contributed by atoms with Crippen LogP contribution in [0.4, 0.5) is 0 Å². The molecule has 0 aromatic rings. The maximum atomic E-state index is 5.71. The Morgan fingerprint density at radius 1 is 1.50 bits per heavy atom. The normalized spacial score (nSPS) is 13.9. The van der Waals surface area contributed by atoms with Crippen molar-refractivity contribution >= 4 is 23.2 Å². The molecule has 0 amide bonds. The Bertz CT molecular complexity index is 45.8. The zero-order valence-corrected chi connectivity index (χ0v) is 6.67. The number of halogens is 2. The van der Waals surface area contributed by atoms with Gasteiger partial charge in [0.1, 0.15) is 0 Å². The summed E-state index contributed by atoms with van der Waals surface area (Å²) in [5.74, 6) is 0.585. The zero-order valence-electron chi connectivity index (χ0n) is 5.16. The van der Waals surface area contributed by atoms with E-state index in [1.807, 2.05) is 0 Å². The first-order valence-corrected chi connectivity index (χ1v) is 3.98. The largest absolute Gasteiger partial charge is 0.125 e. The maximum Gasteiger partial charge on any atom is 0.0471 e. The molecule has 0 bridgehead atoms. The summed E-state index contributed by atoms with van der Waals surface area (Å²) in [6.07, 6.45) is 3.46. The highest BCUT2D eigenvalue weighted by molar-refractivity contribution is 6.28. The first kappa shape index (κ1) is 8.58. The number of unbranched alkanes of at least 4 members (excludes halogenated alkanes) is 1. The average Bonchev–Trinajstić information content (AvgIpc) is 1.83. The quantitative estimate of drug-likeness (QED) is 0.547. The second-order valence-corrected chi connectivity index (χ2v) is 2.82. The third-order valence-electron chi connectivity index (χ3n) is 1.04. The van der Waals surface area contributed by atoms with E-state index in [-0.39, 0.29) is 5.38 Å². The van der Waals surface area contributed by atoms with Gasteiger partial charge in [0.25, 0.3) is 0 Å². The molecule has 0 aromatic carbocycles. The SMILES string of the molecule is CCCC[C@H](Cl)CCl. The molecule has 0 saturated heterocycles. The summed E-state index contributed by atoms with van der Waals surface area (Å²) < 4.78 is 0. The topological polar surface area (TPSA) is 0 Å². The van der Waals surface area contributed by atoms with E-state index in [0.717, 1.165) is 6.42 Å². The Balaban J connectivity index is 2.86. The molecule has 0 heterocycles. The van der Waals surface area contributed by atoms with E-state index in [9.17, 15) is 0 Å². The van der Waals surface area contributed by atoms with Crippen LogP contribution in [0.1, 0.15) is 26.2 Å².